The summed E-state index contributed by atoms with van der Waals surface area (Å²) in [6.45, 7) is 19.4. The Morgan fingerprint density at radius 3 is 2.06 bits per heavy atom. The second-order valence-electron chi connectivity index (χ2n) is 14.7. The van der Waals surface area contributed by atoms with Gasteiger partial charge in [-0.1, -0.05) is 116 Å². The molecule has 0 unspecified atom stereocenters. The first-order valence-corrected chi connectivity index (χ1v) is 17.6. The van der Waals surface area contributed by atoms with Gasteiger partial charge in [0.05, 0.1) is 11.5 Å². The molecule has 1 heterocycles. The number of hydrogen-bond acceptors (Lipinski definition) is 4. The van der Waals surface area contributed by atoms with Crippen molar-refractivity contribution in [2.24, 2.45) is 11.8 Å². The minimum atomic E-state index is -0.184. The van der Waals surface area contributed by atoms with E-state index >= 15 is 0 Å². The van der Waals surface area contributed by atoms with Gasteiger partial charge in [-0.3, -0.25) is 9.78 Å². The SMILES string of the molecule is CC(C)(C)c1cc(-c2ncnc3c2-c2cc4ccccc4cc2C3(C)C)[c-]c2ccccc12.CCC(CC)C(=O)/C=C(\O)C(CC)CC.[Ir]. The zero-order chi connectivity index (χ0) is 34.8. The van der Waals surface area contributed by atoms with E-state index < -0.39 is 0 Å². The molecule has 5 aromatic rings. The minimum absolute atomic E-state index is 0. The Morgan fingerprint density at radius 2 is 1.45 bits per heavy atom. The van der Waals surface area contributed by atoms with Crippen LogP contribution in [0.15, 0.2) is 84.9 Å². The monoisotopic (exact) mass is 832 g/mol. The number of aromatic nitrogens is 2. The van der Waals surface area contributed by atoms with Crippen molar-refractivity contribution >= 4 is 27.3 Å². The largest absolute Gasteiger partial charge is 0.512 e. The molecule has 6 rings (SSSR count). The molecule has 0 atom stereocenters. The number of carbonyl (C=O) groups excluding carboxylic acids is 1. The summed E-state index contributed by atoms with van der Waals surface area (Å²) in [4.78, 5) is 21.4. The maximum atomic E-state index is 11.7. The van der Waals surface area contributed by atoms with E-state index in [2.05, 4.69) is 107 Å². The van der Waals surface area contributed by atoms with Crippen molar-refractivity contribution in [3.63, 3.8) is 0 Å². The summed E-state index contributed by atoms with van der Waals surface area (Å²) in [5.41, 5.74) is 7.94. The maximum Gasteiger partial charge on any atom is 0.162 e. The Hall–Kier alpha value is -3.66. The van der Waals surface area contributed by atoms with Crippen molar-refractivity contribution < 1.29 is 30.0 Å². The Labute approximate surface area is 306 Å². The quantitative estimate of drug-likeness (QED) is 0.0961. The molecule has 259 valence electrons. The number of carbonyl (C=O) groups is 1. The molecule has 4 nitrogen and oxygen atoms in total. The summed E-state index contributed by atoms with van der Waals surface area (Å²) >= 11 is 0. The van der Waals surface area contributed by atoms with Crippen molar-refractivity contribution in [1.29, 1.82) is 0 Å². The number of ketones is 1. The second kappa shape index (κ2) is 15.5. The van der Waals surface area contributed by atoms with Crippen LogP contribution in [0.2, 0.25) is 0 Å². The van der Waals surface area contributed by atoms with E-state index in [1.54, 1.807) is 6.33 Å². The van der Waals surface area contributed by atoms with Crippen LogP contribution in [-0.2, 0) is 35.7 Å². The third kappa shape index (κ3) is 7.59. The summed E-state index contributed by atoms with van der Waals surface area (Å²) in [6.07, 6.45) is 6.63. The minimum Gasteiger partial charge on any atom is -0.512 e. The van der Waals surface area contributed by atoms with Crippen molar-refractivity contribution in [3.8, 4) is 22.4 Å². The fourth-order valence-electron chi connectivity index (χ4n) is 7.17. The van der Waals surface area contributed by atoms with E-state index in [0.29, 0.717) is 0 Å². The van der Waals surface area contributed by atoms with Crippen molar-refractivity contribution in [2.45, 2.75) is 98.8 Å². The van der Waals surface area contributed by atoms with Crippen LogP contribution in [0.4, 0.5) is 0 Å². The van der Waals surface area contributed by atoms with Crippen LogP contribution in [0, 0.1) is 17.9 Å². The first kappa shape index (κ1) is 38.1. The molecule has 49 heavy (non-hydrogen) atoms. The average molecular weight is 832 g/mol. The predicted octanol–water partition coefficient (Wildman–Crippen LogP) is 11.7. The van der Waals surface area contributed by atoms with Gasteiger partial charge in [-0.15, -0.1) is 29.1 Å². The molecule has 0 bridgehead atoms. The van der Waals surface area contributed by atoms with Crippen LogP contribution in [-0.4, -0.2) is 20.9 Å². The maximum absolute atomic E-state index is 11.7. The molecule has 1 aliphatic carbocycles. The van der Waals surface area contributed by atoms with Crippen molar-refractivity contribution in [3.05, 3.63) is 108 Å². The Balaban J connectivity index is 0.000000290. The molecule has 0 saturated carbocycles. The van der Waals surface area contributed by atoms with Gasteiger partial charge in [0.2, 0.25) is 0 Å². The summed E-state index contributed by atoms with van der Waals surface area (Å²) in [5.74, 6) is 0.547. The van der Waals surface area contributed by atoms with Crippen LogP contribution in [0.5, 0.6) is 0 Å². The molecule has 1 aromatic heterocycles. The number of nitrogens with zero attached hydrogens (tertiary/aromatic N) is 2. The number of allylic oxidation sites excluding steroid dienone is 2. The van der Waals surface area contributed by atoms with E-state index in [4.69, 9.17) is 9.97 Å². The summed E-state index contributed by atoms with van der Waals surface area (Å²) in [7, 11) is 0. The molecule has 5 heteroatoms. The van der Waals surface area contributed by atoms with Gasteiger partial charge in [-0.25, -0.2) is 4.98 Å². The number of hydrogen-bond donors (Lipinski definition) is 1. The van der Waals surface area contributed by atoms with Gasteiger partial charge in [-0.05, 0) is 70.7 Å². The Morgan fingerprint density at radius 1 is 0.857 bits per heavy atom. The van der Waals surface area contributed by atoms with Crippen LogP contribution in [0.3, 0.4) is 0 Å². The van der Waals surface area contributed by atoms with E-state index in [1.165, 1.54) is 38.9 Å². The summed E-state index contributed by atoms with van der Waals surface area (Å²) < 4.78 is 0. The number of benzene rings is 4. The van der Waals surface area contributed by atoms with E-state index in [9.17, 15) is 9.90 Å². The molecule has 1 radical (unpaired) electrons. The molecule has 0 saturated heterocycles. The topological polar surface area (TPSA) is 63.1 Å². The number of rotatable bonds is 8. The van der Waals surface area contributed by atoms with Gasteiger partial charge in [0.1, 0.15) is 6.33 Å². The molecule has 1 aliphatic rings. The molecular formula is C44H51IrN2O2-. The van der Waals surface area contributed by atoms with Crippen molar-refractivity contribution in [2.75, 3.05) is 0 Å². The Bertz CT molecular complexity index is 1980. The standard InChI is InChI=1S/C31H27N2.C13H24O2.Ir/c1-30(2,3)25-17-22(14-21-12-8-9-13-23(21)25)28-27-24-15-19-10-6-7-11-20(19)16-26(24)31(4,5)29(27)33-18-32-28;1-5-10(6-2)12(14)9-13(15)11(7-3)8-4;/h6-13,15-18H,1-5H3;9-11,14H,5-8H2,1-4H3;/q-1;;/b;12-9-;. The smallest absolute Gasteiger partial charge is 0.162 e. The van der Waals surface area contributed by atoms with Crippen LogP contribution in [0.25, 0.3) is 43.9 Å². The average Bonchev–Trinajstić information content (AvgIpc) is 3.29. The zero-order valence-corrected chi connectivity index (χ0v) is 33.0. The molecule has 1 N–H and O–H groups in total. The third-order valence-electron chi connectivity index (χ3n) is 10.2. The van der Waals surface area contributed by atoms with Gasteiger partial charge in [-0.2, -0.15) is 0 Å². The predicted molar refractivity (Wildman–Crippen MR) is 201 cm³/mol. The first-order valence-electron chi connectivity index (χ1n) is 17.6. The van der Waals surface area contributed by atoms with Gasteiger partial charge in [0, 0.05) is 49.1 Å². The van der Waals surface area contributed by atoms with Crippen LogP contribution < -0.4 is 0 Å². The molecule has 0 fully saturated rings. The van der Waals surface area contributed by atoms with Gasteiger partial charge >= 0.3 is 0 Å². The van der Waals surface area contributed by atoms with Gasteiger partial charge in [0.15, 0.2) is 5.78 Å². The number of aliphatic hydroxyl groups is 1. The van der Waals surface area contributed by atoms with E-state index in [1.807, 2.05) is 27.7 Å². The van der Waals surface area contributed by atoms with Gasteiger partial charge in [0.25, 0.3) is 0 Å². The van der Waals surface area contributed by atoms with Crippen molar-refractivity contribution in [1.82, 2.24) is 9.97 Å². The molecule has 0 aliphatic heterocycles. The molecular weight excluding hydrogens is 781 g/mol. The normalized spacial score (nSPS) is 13.6. The van der Waals surface area contributed by atoms with Crippen LogP contribution >= 0.6 is 0 Å². The molecule has 0 spiro atoms. The van der Waals surface area contributed by atoms with Gasteiger partial charge < -0.3 is 5.11 Å². The molecule has 0 amide bonds. The third-order valence-corrected chi connectivity index (χ3v) is 10.2. The zero-order valence-electron chi connectivity index (χ0n) is 30.6. The van der Waals surface area contributed by atoms with E-state index in [-0.39, 0.29) is 54.3 Å². The van der Waals surface area contributed by atoms with E-state index in [0.717, 1.165) is 53.6 Å². The summed E-state index contributed by atoms with van der Waals surface area (Å²) in [5, 5.41) is 14.6. The second-order valence-corrected chi connectivity index (χ2v) is 14.7. The van der Waals surface area contributed by atoms with Crippen LogP contribution in [0.1, 0.15) is 105 Å². The Kier molecular flexibility index (Phi) is 12.1. The number of aliphatic hydroxyl groups excluding tert-OH is 1. The fraction of sp³-hybridized carbons (Fsp3) is 0.386. The summed E-state index contributed by atoms with van der Waals surface area (Å²) in [6, 6.07) is 27.8. The number of fused-ring (bicyclic) bond motifs is 5. The molecule has 4 aromatic carbocycles. The fourth-order valence-corrected chi connectivity index (χ4v) is 7.17. The first-order chi connectivity index (χ1) is 22.8.